The van der Waals surface area contributed by atoms with Crippen molar-refractivity contribution in [1.82, 2.24) is 10.6 Å². The molecule has 0 heterocycles. The van der Waals surface area contributed by atoms with E-state index in [9.17, 15) is 14.4 Å². The van der Waals surface area contributed by atoms with Crippen molar-refractivity contribution in [3.8, 4) is 0 Å². The van der Waals surface area contributed by atoms with Crippen LogP contribution in [0.15, 0.2) is 30.3 Å². The van der Waals surface area contributed by atoms with Crippen molar-refractivity contribution in [1.29, 1.82) is 0 Å². The molecule has 0 bridgehead atoms. The van der Waals surface area contributed by atoms with Gasteiger partial charge in [-0.25, -0.2) is 4.79 Å². The monoisotopic (exact) mass is 363 g/mol. The topological polar surface area (TPSA) is 111 Å². The van der Waals surface area contributed by atoms with Gasteiger partial charge in [0.25, 0.3) is 0 Å². The molecule has 26 heavy (non-hydrogen) atoms. The molecule has 0 aliphatic heterocycles. The highest BCUT2D eigenvalue weighted by Crippen LogP contribution is 2.10. The molecule has 1 aromatic carbocycles. The summed E-state index contributed by atoms with van der Waals surface area (Å²) in [4.78, 5) is 36.8. The minimum Gasteiger partial charge on any atom is -0.467 e. The molecule has 0 aliphatic rings. The summed E-state index contributed by atoms with van der Waals surface area (Å²) in [6.45, 7) is 5.33. The summed E-state index contributed by atoms with van der Waals surface area (Å²) in [7, 11) is 1.27. The van der Waals surface area contributed by atoms with Crippen molar-refractivity contribution < 1.29 is 19.1 Å². The van der Waals surface area contributed by atoms with Crippen LogP contribution in [0.3, 0.4) is 0 Å². The fourth-order valence-electron chi connectivity index (χ4n) is 2.43. The van der Waals surface area contributed by atoms with Gasteiger partial charge in [0, 0.05) is 6.42 Å². The largest absolute Gasteiger partial charge is 0.467 e. The first-order valence-electron chi connectivity index (χ1n) is 8.78. The first-order valence-corrected chi connectivity index (χ1v) is 8.78. The van der Waals surface area contributed by atoms with E-state index >= 15 is 0 Å². The standard InChI is InChI=1S/C19H29N3O4/c1-5-12(2)16(22-17(23)13(3)20)18(24)21-15(19(25)26-4)11-14-9-7-6-8-10-14/h6-10,12-13,15-16H,5,11,20H2,1-4H3,(H,21,24)(H,22,23)/t12?,13-,15-,16-/m0/s1. The predicted molar refractivity (Wildman–Crippen MR) is 99.1 cm³/mol. The van der Waals surface area contributed by atoms with Gasteiger partial charge in [-0.15, -0.1) is 0 Å². The van der Waals surface area contributed by atoms with Crippen LogP contribution in [-0.4, -0.2) is 43.0 Å². The molecule has 4 atom stereocenters. The fraction of sp³-hybridized carbons (Fsp3) is 0.526. The number of carbonyl (C=O) groups is 3. The maximum Gasteiger partial charge on any atom is 0.328 e. The van der Waals surface area contributed by atoms with Gasteiger partial charge in [-0.05, 0) is 18.4 Å². The highest BCUT2D eigenvalue weighted by atomic mass is 16.5. The summed E-state index contributed by atoms with van der Waals surface area (Å²) in [5.74, 6) is -1.50. The molecule has 1 aromatic rings. The lowest BCUT2D eigenvalue weighted by Crippen LogP contribution is -2.56. The summed E-state index contributed by atoms with van der Waals surface area (Å²) >= 11 is 0. The van der Waals surface area contributed by atoms with Gasteiger partial charge in [0.1, 0.15) is 12.1 Å². The molecule has 2 amide bonds. The van der Waals surface area contributed by atoms with Gasteiger partial charge in [0.15, 0.2) is 0 Å². The summed E-state index contributed by atoms with van der Waals surface area (Å²) in [6.07, 6.45) is 0.979. The second-order valence-corrected chi connectivity index (χ2v) is 6.43. The molecule has 0 aliphatic carbocycles. The summed E-state index contributed by atoms with van der Waals surface area (Å²) in [5.41, 5.74) is 6.47. The van der Waals surface area contributed by atoms with Crippen LogP contribution in [0.25, 0.3) is 0 Å². The first-order chi connectivity index (χ1) is 12.3. The van der Waals surface area contributed by atoms with Gasteiger partial charge in [-0.3, -0.25) is 9.59 Å². The number of nitrogens with two attached hydrogens (primary N) is 1. The lowest BCUT2D eigenvalue weighted by atomic mass is 9.97. The van der Waals surface area contributed by atoms with E-state index in [4.69, 9.17) is 10.5 Å². The van der Waals surface area contributed by atoms with Crippen LogP contribution in [0.1, 0.15) is 32.8 Å². The Morgan fingerprint density at radius 2 is 1.69 bits per heavy atom. The maximum atomic E-state index is 12.7. The average Bonchev–Trinajstić information content (AvgIpc) is 2.64. The number of rotatable bonds is 9. The van der Waals surface area contributed by atoms with E-state index in [0.29, 0.717) is 12.8 Å². The highest BCUT2D eigenvalue weighted by Gasteiger charge is 2.30. The van der Waals surface area contributed by atoms with E-state index in [2.05, 4.69) is 10.6 Å². The van der Waals surface area contributed by atoms with Gasteiger partial charge < -0.3 is 21.1 Å². The molecule has 144 valence electrons. The van der Waals surface area contributed by atoms with E-state index in [1.807, 2.05) is 44.2 Å². The Hall–Kier alpha value is -2.41. The molecular weight excluding hydrogens is 334 g/mol. The van der Waals surface area contributed by atoms with Crippen molar-refractivity contribution in [2.45, 2.75) is 51.7 Å². The smallest absolute Gasteiger partial charge is 0.328 e. The van der Waals surface area contributed by atoms with Gasteiger partial charge in [-0.1, -0.05) is 50.6 Å². The summed E-state index contributed by atoms with van der Waals surface area (Å²) in [5, 5.41) is 5.37. The second-order valence-electron chi connectivity index (χ2n) is 6.43. The molecule has 0 radical (unpaired) electrons. The normalized spacial score (nSPS) is 15.3. The number of methoxy groups -OCH3 is 1. The SMILES string of the molecule is CCC(C)[C@H](NC(=O)[C@H](C)N)C(=O)N[C@@H](Cc1ccccc1)C(=O)OC. The second kappa shape index (κ2) is 10.6. The Morgan fingerprint density at radius 1 is 1.08 bits per heavy atom. The molecule has 0 saturated heterocycles. The summed E-state index contributed by atoms with van der Waals surface area (Å²) < 4.78 is 4.81. The third-order valence-corrected chi connectivity index (χ3v) is 4.29. The minimum absolute atomic E-state index is 0.118. The molecule has 1 rings (SSSR count). The number of ether oxygens (including phenoxy) is 1. The van der Waals surface area contributed by atoms with Crippen LogP contribution < -0.4 is 16.4 Å². The van der Waals surface area contributed by atoms with E-state index in [1.54, 1.807) is 6.92 Å². The molecule has 4 N–H and O–H groups in total. The van der Waals surface area contributed by atoms with Crippen molar-refractivity contribution in [3.05, 3.63) is 35.9 Å². The summed E-state index contributed by atoms with van der Waals surface area (Å²) in [6, 6.07) is 6.98. The highest BCUT2D eigenvalue weighted by molar-refractivity contribution is 5.92. The zero-order valence-corrected chi connectivity index (χ0v) is 15.8. The zero-order valence-electron chi connectivity index (χ0n) is 15.8. The Labute approximate surface area is 154 Å². The fourth-order valence-corrected chi connectivity index (χ4v) is 2.43. The number of hydrogen-bond acceptors (Lipinski definition) is 5. The van der Waals surface area contributed by atoms with E-state index in [0.717, 1.165) is 5.56 Å². The van der Waals surface area contributed by atoms with E-state index < -0.39 is 35.9 Å². The number of esters is 1. The molecule has 0 spiro atoms. The third kappa shape index (κ3) is 6.48. The number of nitrogens with one attached hydrogen (secondary N) is 2. The van der Waals surface area contributed by atoms with Crippen LogP contribution in [0.4, 0.5) is 0 Å². The third-order valence-electron chi connectivity index (χ3n) is 4.29. The van der Waals surface area contributed by atoms with Gasteiger partial charge in [0.2, 0.25) is 11.8 Å². The van der Waals surface area contributed by atoms with Crippen molar-refractivity contribution >= 4 is 17.8 Å². The Morgan fingerprint density at radius 3 is 2.19 bits per heavy atom. The van der Waals surface area contributed by atoms with Crippen LogP contribution in [0.2, 0.25) is 0 Å². The van der Waals surface area contributed by atoms with Crippen LogP contribution in [0.5, 0.6) is 0 Å². The molecular formula is C19H29N3O4. The predicted octanol–water partition coefficient (Wildman–Crippen LogP) is 0.765. The zero-order chi connectivity index (χ0) is 19.7. The lowest BCUT2D eigenvalue weighted by Gasteiger charge is -2.26. The molecule has 1 unspecified atom stereocenters. The lowest BCUT2D eigenvalue weighted by molar-refractivity contribution is -0.145. The number of amides is 2. The number of hydrogen-bond donors (Lipinski definition) is 3. The Bertz CT molecular complexity index is 604. The van der Waals surface area contributed by atoms with Crippen LogP contribution in [-0.2, 0) is 25.5 Å². The number of carbonyl (C=O) groups excluding carboxylic acids is 3. The van der Waals surface area contributed by atoms with E-state index in [1.165, 1.54) is 7.11 Å². The van der Waals surface area contributed by atoms with E-state index in [-0.39, 0.29) is 5.92 Å². The van der Waals surface area contributed by atoms with Crippen LogP contribution in [0, 0.1) is 5.92 Å². The minimum atomic E-state index is -0.839. The first kappa shape index (κ1) is 21.6. The quantitative estimate of drug-likeness (QED) is 0.561. The molecule has 7 nitrogen and oxygen atoms in total. The molecule has 0 fully saturated rings. The van der Waals surface area contributed by atoms with Gasteiger partial charge in [0.05, 0.1) is 13.2 Å². The maximum absolute atomic E-state index is 12.7. The average molecular weight is 363 g/mol. The van der Waals surface area contributed by atoms with Crippen molar-refractivity contribution in [2.75, 3.05) is 7.11 Å². The van der Waals surface area contributed by atoms with Gasteiger partial charge >= 0.3 is 5.97 Å². The molecule has 0 saturated carbocycles. The van der Waals surface area contributed by atoms with Crippen LogP contribution >= 0.6 is 0 Å². The Kier molecular flexibility index (Phi) is 8.78. The number of benzene rings is 1. The Balaban J connectivity index is 2.92. The van der Waals surface area contributed by atoms with Crippen molar-refractivity contribution in [3.63, 3.8) is 0 Å². The molecule has 0 aromatic heterocycles. The molecule has 7 heteroatoms. The van der Waals surface area contributed by atoms with Crippen molar-refractivity contribution in [2.24, 2.45) is 11.7 Å². The van der Waals surface area contributed by atoms with Gasteiger partial charge in [-0.2, -0.15) is 0 Å².